The third kappa shape index (κ3) is 4.03. The van der Waals surface area contributed by atoms with Gasteiger partial charge in [0.05, 0.1) is 11.9 Å². The van der Waals surface area contributed by atoms with Crippen LogP contribution < -0.4 is 10.2 Å². The molecular weight excluding hydrogens is 298 g/mol. The van der Waals surface area contributed by atoms with E-state index in [0.717, 1.165) is 16.5 Å². The topological polar surface area (TPSA) is 33.6 Å². The second kappa shape index (κ2) is 6.87. The summed E-state index contributed by atoms with van der Waals surface area (Å²) in [7, 11) is 0. The van der Waals surface area contributed by atoms with Crippen molar-refractivity contribution in [1.29, 1.82) is 0 Å². The van der Waals surface area contributed by atoms with Gasteiger partial charge in [-0.2, -0.15) is 13.9 Å². The first-order valence-corrected chi connectivity index (χ1v) is 7.03. The molecule has 0 aliphatic carbocycles. The van der Waals surface area contributed by atoms with Crippen molar-refractivity contribution in [3.63, 3.8) is 0 Å². The number of hydrogen-bond acceptors (Lipinski definition) is 3. The minimum Gasteiger partial charge on any atom is -0.435 e. The largest absolute Gasteiger partial charge is 0.435 e. The average Bonchev–Trinajstić information content (AvgIpc) is 2.54. The highest BCUT2D eigenvalue weighted by Crippen LogP contribution is 2.19. The van der Waals surface area contributed by atoms with Crippen molar-refractivity contribution in [1.82, 2.24) is 0 Å². The second-order valence-electron chi connectivity index (χ2n) is 4.88. The number of anilines is 1. The number of fused-ring (bicyclic) bond motifs is 1. The molecule has 116 valence electrons. The number of benzene rings is 3. The van der Waals surface area contributed by atoms with Crippen LogP contribution in [0.25, 0.3) is 10.8 Å². The van der Waals surface area contributed by atoms with E-state index in [4.69, 9.17) is 0 Å². The van der Waals surface area contributed by atoms with Crippen LogP contribution in [-0.2, 0) is 0 Å². The van der Waals surface area contributed by atoms with Crippen LogP contribution >= 0.6 is 0 Å². The van der Waals surface area contributed by atoms with Gasteiger partial charge in [0.25, 0.3) is 0 Å². The lowest BCUT2D eigenvalue weighted by Gasteiger charge is -2.05. The zero-order valence-corrected chi connectivity index (χ0v) is 12.1. The Morgan fingerprint density at radius 2 is 1.74 bits per heavy atom. The molecule has 0 saturated heterocycles. The molecule has 3 aromatic carbocycles. The average molecular weight is 312 g/mol. The molecule has 3 nitrogen and oxygen atoms in total. The van der Waals surface area contributed by atoms with Gasteiger partial charge in [-0.1, -0.05) is 42.5 Å². The van der Waals surface area contributed by atoms with E-state index in [0.29, 0.717) is 5.56 Å². The summed E-state index contributed by atoms with van der Waals surface area (Å²) in [6.45, 7) is -2.84. The Balaban J connectivity index is 1.70. The van der Waals surface area contributed by atoms with Gasteiger partial charge < -0.3 is 4.74 Å². The Hall–Kier alpha value is -2.95. The first kappa shape index (κ1) is 15.0. The fourth-order valence-corrected chi connectivity index (χ4v) is 2.21. The maximum absolute atomic E-state index is 12.2. The Morgan fingerprint density at radius 1 is 0.913 bits per heavy atom. The zero-order valence-electron chi connectivity index (χ0n) is 12.1. The van der Waals surface area contributed by atoms with Crippen LogP contribution in [0.2, 0.25) is 0 Å². The molecule has 0 aliphatic heterocycles. The van der Waals surface area contributed by atoms with Crippen LogP contribution in [0.5, 0.6) is 5.75 Å². The molecular formula is C18H14F2N2O. The number of ether oxygens (including phenoxy) is 1. The highest BCUT2D eigenvalue weighted by atomic mass is 19.3. The summed E-state index contributed by atoms with van der Waals surface area (Å²) < 4.78 is 28.7. The minimum absolute atomic E-state index is 0.106. The molecule has 0 bridgehead atoms. The summed E-state index contributed by atoms with van der Waals surface area (Å²) in [6, 6.07) is 20.3. The van der Waals surface area contributed by atoms with E-state index in [2.05, 4.69) is 15.3 Å². The monoisotopic (exact) mass is 312 g/mol. The zero-order chi connectivity index (χ0) is 16.1. The third-order valence-corrected chi connectivity index (χ3v) is 3.24. The molecule has 0 heterocycles. The van der Waals surface area contributed by atoms with Crippen molar-refractivity contribution < 1.29 is 13.5 Å². The van der Waals surface area contributed by atoms with Gasteiger partial charge in [0.2, 0.25) is 0 Å². The van der Waals surface area contributed by atoms with E-state index >= 15 is 0 Å². The van der Waals surface area contributed by atoms with E-state index < -0.39 is 6.61 Å². The number of nitrogens with zero attached hydrogens (tertiary/aromatic N) is 1. The van der Waals surface area contributed by atoms with Gasteiger partial charge in [0.1, 0.15) is 5.75 Å². The molecule has 3 aromatic rings. The van der Waals surface area contributed by atoms with E-state index in [1.807, 2.05) is 42.5 Å². The summed E-state index contributed by atoms with van der Waals surface area (Å²) in [6.07, 6.45) is 1.55. The Morgan fingerprint density at radius 3 is 2.57 bits per heavy atom. The number of nitrogens with one attached hydrogen (secondary N) is 1. The minimum atomic E-state index is -2.84. The summed E-state index contributed by atoms with van der Waals surface area (Å²) in [5, 5.41) is 6.38. The van der Waals surface area contributed by atoms with Crippen LogP contribution in [0, 0.1) is 0 Å². The van der Waals surface area contributed by atoms with Gasteiger partial charge in [0.15, 0.2) is 0 Å². The van der Waals surface area contributed by atoms with E-state index in [1.165, 1.54) is 12.1 Å². The van der Waals surface area contributed by atoms with E-state index in [1.54, 1.807) is 18.3 Å². The maximum Gasteiger partial charge on any atom is 0.387 e. The highest BCUT2D eigenvalue weighted by Gasteiger charge is 2.03. The number of hydrazone groups is 1. The molecule has 0 spiro atoms. The van der Waals surface area contributed by atoms with Gasteiger partial charge in [-0.15, -0.1) is 0 Å². The van der Waals surface area contributed by atoms with Crippen LogP contribution in [-0.4, -0.2) is 12.8 Å². The first-order valence-electron chi connectivity index (χ1n) is 7.03. The molecule has 5 heteroatoms. The molecule has 1 N–H and O–H groups in total. The molecule has 23 heavy (non-hydrogen) atoms. The van der Waals surface area contributed by atoms with Gasteiger partial charge in [0, 0.05) is 0 Å². The molecule has 0 aromatic heterocycles. The summed E-state index contributed by atoms with van der Waals surface area (Å²) in [4.78, 5) is 0. The van der Waals surface area contributed by atoms with Gasteiger partial charge in [-0.05, 0) is 40.6 Å². The number of halogens is 2. The predicted octanol–water partition coefficient (Wildman–Crippen LogP) is 4.89. The van der Waals surface area contributed by atoms with Gasteiger partial charge in [-0.3, -0.25) is 5.43 Å². The Bertz CT molecular complexity index is 834. The Labute approximate surface area is 132 Å². The van der Waals surface area contributed by atoms with Crippen LogP contribution in [0.4, 0.5) is 14.5 Å². The fraction of sp³-hybridized carbons (Fsp3) is 0.0556. The normalized spacial score (nSPS) is 11.3. The molecule has 0 radical (unpaired) electrons. The van der Waals surface area contributed by atoms with E-state index in [-0.39, 0.29) is 5.75 Å². The number of rotatable bonds is 5. The predicted molar refractivity (Wildman–Crippen MR) is 88.2 cm³/mol. The molecule has 0 unspecified atom stereocenters. The van der Waals surface area contributed by atoms with Crippen molar-refractivity contribution in [2.24, 2.45) is 5.10 Å². The van der Waals surface area contributed by atoms with Crippen molar-refractivity contribution >= 4 is 22.7 Å². The second-order valence-corrected chi connectivity index (χ2v) is 4.88. The third-order valence-electron chi connectivity index (χ3n) is 3.24. The quantitative estimate of drug-likeness (QED) is 0.538. The van der Waals surface area contributed by atoms with E-state index in [9.17, 15) is 8.78 Å². The van der Waals surface area contributed by atoms with Crippen LogP contribution in [0.15, 0.2) is 71.8 Å². The van der Waals surface area contributed by atoms with Crippen molar-refractivity contribution in [2.45, 2.75) is 6.61 Å². The Kier molecular flexibility index (Phi) is 4.47. The summed E-state index contributed by atoms with van der Waals surface area (Å²) in [5.41, 5.74) is 4.44. The molecule has 0 amide bonds. The maximum atomic E-state index is 12.2. The summed E-state index contributed by atoms with van der Waals surface area (Å²) in [5.74, 6) is 0.106. The van der Waals surface area contributed by atoms with Gasteiger partial charge >= 0.3 is 6.61 Å². The number of alkyl halides is 2. The molecule has 0 atom stereocenters. The van der Waals surface area contributed by atoms with Crippen LogP contribution in [0.1, 0.15) is 5.56 Å². The standard InChI is InChI=1S/C18H14F2N2O/c19-18(20)23-17-7-3-4-13(10-17)12-21-22-16-9-8-14-5-1-2-6-15(14)11-16/h1-12,18,22H/b21-12+. The molecule has 3 rings (SSSR count). The van der Waals surface area contributed by atoms with Crippen LogP contribution in [0.3, 0.4) is 0 Å². The van der Waals surface area contributed by atoms with Crippen molar-refractivity contribution in [2.75, 3.05) is 5.43 Å². The van der Waals surface area contributed by atoms with Crippen molar-refractivity contribution in [3.8, 4) is 5.75 Å². The smallest absolute Gasteiger partial charge is 0.387 e. The number of hydrogen-bond donors (Lipinski definition) is 1. The lowest BCUT2D eigenvalue weighted by Crippen LogP contribution is -2.02. The SMILES string of the molecule is FC(F)Oc1cccc(/C=N/Nc2ccc3ccccc3c2)c1. The highest BCUT2D eigenvalue weighted by molar-refractivity contribution is 5.86. The molecule has 0 saturated carbocycles. The van der Waals surface area contributed by atoms with Crippen molar-refractivity contribution in [3.05, 3.63) is 72.3 Å². The molecule has 0 aliphatic rings. The molecule has 0 fully saturated rings. The lowest BCUT2D eigenvalue weighted by molar-refractivity contribution is -0.0498. The fourth-order valence-electron chi connectivity index (χ4n) is 2.21. The van der Waals surface area contributed by atoms with Gasteiger partial charge in [-0.25, -0.2) is 0 Å². The lowest BCUT2D eigenvalue weighted by atomic mass is 10.1. The summed E-state index contributed by atoms with van der Waals surface area (Å²) >= 11 is 0. The first-order chi connectivity index (χ1) is 11.2.